The van der Waals surface area contributed by atoms with Gasteiger partial charge in [0.15, 0.2) is 11.6 Å². The summed E-state index contributed by atoms with van der Waals surface area (Å²) in [4.78, 5) is 2.40. The van der Waals surface area contributed by atoms with Gasteiger partial charge in [0.25, 0.3) is 16.0 Å². The first kappa shape index (κ1) is 26.9. The van der Waals surface area contributed by atoms with E-state index in [-0.39, 0.29) is 12.3 Å². The van der Waals surface area contributed by atoms with Gasteiger partial charge in [-0.2, -0.15) is 4.98 Å². The van der Waals surface area contributed by atoms with Gasteiger partial charge < -0.3 is 24.6 Å². The molecule has 0 atom stereocenters. The van der Waals surface area contributed by atoms with Crippen molar-refractivity contribution in [2.75, 3.05) is 29.7 Å². The topological polar surface area (TPSA) is 128 Å². The van der Waals surface area contributed by atoms with Gasteiger partial charge in [0.1, 0.15) is 23.1 Å². The molecule has 0 aliphatic rings. The number of nitrogens with one attached hydrogen (secondary N) is 3. The van der Waals surface area contributed by atoms with Crippen molar-refractivity contribution in [3.05, 3.63) is 53.9 Å². The number of anilines is 2. The molecule has 0 amide bonds. The van der Waals surface area contributed by atoms with Gasteiger partial charge in [-0.15, -0.1) is 13.2 Å². The van der Waals surface area contributed by atoms with E-state index in [9.17, 15) is 30.4 Å². The van der Waals surface area contributed by atoms with E-state index in [2.05, 4.69) is 30.0 Å². The fraction of sp³-hybridized carbons (Fsp3) is 0.300. The third kappa shape index (κ3) is 7.42. The van der Waals surface area contributed by atoms with E-state index in [1.807, 2.05) is 11.6 Å². The van der Waals surface area contributed by atoms with Gasteiger partial charge >= 0.3 is 6.36 Å². The average Bonchev–Trinajstić information content (AvgIpc) is 3.29. The van der Waals surface area contributed by atoms with E-state index in [1.54, 1.807) is 0 Å². The Morgan fingerprint density at radius 1 is 1.08 bits per heavy atom. The number of hydrogen-bond acceptors (Lipinski definition) is 9. The highest BCUT2D eigenvalue weighted by molar-refractivity contribution is 7.92. The third-order valence-corrected chi connectivity index (χ3v) is 5.77. The normalized spacial score (nSPS) is 11.8. The van der Waals surface area contributed by atoms with Crippen LogP contribution >= 0.6 is 0 Å². The molecule has 3 rings (SSSR count). The van der Waals surface area contributed by atoms with Crippen LogP contribution in [0.3, 0.4) is 0 Å². The van der Waals surface area contributed by atoms with E-state index in [4.69, 9.17) is 4.74 Å². The average molecular weight is 537 g/mol. The minimum atomic E-state index is -4.90. The molecule has 0 unspecified atom stereocenters. The molecular formula is C20H20F5N5O5S. The molecule has 0 radical (unpaired) electrons. The molecule has 10 nitrogen and oxygen atoms in total. The highest BCUT2D eigenvalue weighted by atomic mass is 32.2. The van der Waals surface area contributed by atoms with Crippen LogP contribution in [0.4, 0.5) is 33.6 Å². The van der Waals surface area contributed by atoms with Crippen LogP contribution in [0.25, 0.3) is 0 Å². The van der Waals surface area contributed by atoms with Crippen molar-refractivity contribution in [1.82, 2.24) is 15.5 Å². The molecule has 3 N–H and O–H groups in total. The van der Waals surface area contributed by atoms with E-state index in [0.717, 1.165) is 18.5 Å². The number of sulfonamides is 1. The molecule has 0 saturated heterocycles. The second-order valence-corrected chi connectivity index (χ2v) is 8.66. The number of aromatic nitrogens is 2. The van der Waals surface area contributed by atoms with Crippen LogP contribution < -0.4 is 24.8 Å². The van der Waals surface area contributed by atoms with Crippen molar-refractivity contribution < 1.29 is 44.4 Å². The van der Waals surface area contributed by atoms with Crippen molar-refractivity contribution >= 4 is 21.7 Å². The summed E-state index contributed by atoms with van der Waals surface area (Å²) in [5, 5.41) is 9.18. The zero-order chi connectivity index (χ0) is 26.3. The fourth-order valence-electron chi connectivity index (χ4n) is 2.88. The molecule has 0 aliphatic carbocycles. The smallest absolute Gasteiger partial charge is 0.486 e. The Balaban J connectivity index is 1.78. The second kappa shape index (κ2) is 11.4. The zero-order valence-electron chi connectivity index (χ0n) is 18.5. The molecule has 0 aliphatic heterocycles. The summed E-state index contributed by atoms with van der Waals surface area (Å²) in [7, 11) is -4.59. The Morgan fingerprint density at radius 3 is 2.53 bits per heavy atom. The summed E-state index contributed by atoms with van der Waals surface area (Å²) in [5.74, 6) is -4.13. The first-order valence-corrected chi connectivity index (χ1v) is 11.7. The molecule has 1 aromatic heterocycles. The second-order valence-electron chi connectivity index (χ2n) is 7.01. The Kier molecular flexibility index (Phi) is 8.52. The largest absolute Gasteiger partial charge is 0.573 e. The Hall–Kier alpha value is -3.66. The van der Waals surface area contributed by atoms with Crippen LogP contribution in [0.2, 0.25) is 0 Å². The quantitative estimate of drug-likeness (QED) is 0.234. The number of hydrogen-bond donors (Lipinski definition) is 3. The lowest BCUT2D eigenvalue weighted by molar-refractivity contribution is -0.274. The zero-order valence-corrected chi connectivity index (χ0v) is 19.3. The number of nitrogens with zero attached hydrogens (tertiary/aromatic N) is 2. The summed E-state index contributed by atoms with van der Waals surface area (Å²) < 4.78 is 107. The molecule has 0 fully saturated rings. The van der Waals surface area contributed by atoms with Gasteiger partial charge in [-0.25, -0.2) is 21.9 Å². The fourth-order valence-corrected chi connectivity index (χ4v) is 3.89. The predicted molar refractivity (Wildman–Crippen MR) is 116 cm³/mol. The molecular weight excluding hydrogens is 517 g/mol. The SMILES string of the molecule is CCNCCNc1cc(OC(F)(F)F)ccc1COc1cc(F)c(S(=O)(=O)Nc2ncon2)cc1F. The van der Waals surface area contributed by atoms with Crippen molar-refractivity contribution in [3.63, 3.8) is 0 Å². The number of alkyl halides is 3. The van der Waals surface area contributed by atoms with Crippen molar-refractivity contribution in [2.24, 2.45) is 0 Å². The van der Waals surface area contributed by atoms with Crippen LogP contribution in [-0.2, 0) is 16.6 Å². The molecule has 0 bridgehead atoms. The summed E-state index contributed by atoms with van der Waals surface area (Å²) in [5.41, 5.74) is 0.510. The minimum Gasteiger partial charge on any atom is -0.486 e. The maximum absolute atomic E-state index is 14.6. The van der Waals surface area contributed by atoms with Gasteiger partial charge in [-0.3, -0.25) is 0 Å². The van der Waals surface area contributed by atoms with Gasteiger partial charge in [-0.1, -0.05) is 6.92 Å². The van der Waals surface area contributed by atoms with Crippen molar-refractivity contribution in [3.8, 4) is 11.5 Å². The summed E-state index contributed by atoms with van der Waals surface area (Å²) in [6, 6.07) is 4.33. The Morgan fingerprint density at radius 2 is 1.86 bits per heavy atom. The number of benzene rings is 2. The Bertz CT molecular complexity index is 1270. The molecule has 16 heteroatoms. The lowest BCUT2D eigenvalue weighted by Gasteiger charge is -2.16. The predicted octanol–water partition coefficient (Wildman–Crippen LogP) is 3.65. The van der Waals surface area contributed by atoms with Crippen LogP contribution in [0.1, 0.15) is 12.5 Å². The third-order valence-electron chi connectivity index (χ3n) is 4.43. The van der Waals surface area contributed by atoms with Crippen LogP contribution in [0.5, 0.6) is 11.5 Å². The summed E-state index contributed by atoms with van der Waals surface area (Å²) >= 11 is 0. The molecule has 196 valence electrons. The monoisotopic (exact) mass is 537 g/mol. The van der Waals surface area contributed by atoms with Gasteiger partial charge in [0, 0.05) is 42.5 Å². The lowest BCUT2D eigenvalue weighted by atomic mass is 10.1. The van der Waals surface area contributed by atoms with Crippen molar-refractivity contribution in [2.45, 2.75) is 24.8 Å². The maximum Gasteiger partial charge on any atom is 0.573 e. The van der Waals surface area contributed by atoms with Gasteiger partial charge in [0.05, 0.1) is 0 Å². The summed E-state index contributed by atoms with van der Waals surface area (Å²) in [6.45, 7) is 2.99. The molecule has 2 aromatic carbocycles. The first-order valence-electron chi connectivity index (χ1n) is 10.2. The van der Waals surface area contributed by atoms with E-state index in [1.165, 1.54) is 6.07 Å². The highest BCUT2D eigenvalue weighted by Gasteiger charge is 2.31. The Labute approximate surface area is 201 Å². The van der Waals surface area contributed by atoms with Crippen LogP contribution in [-0.4, -0.2) is 44.6 Å². The van der Waals surface area contributed by atoms with Gasteiger partial charge in [-0.05, 0) is 23.8 Å². The number of rotatable bonds is 12. The van der Waals surface area contributed by atoms with E-state index in [0.29, 0.717) is 37.3 Å². The first-order chi connectivity index (χ1) is 17.0. The molecule has 0 spiro atoms. The van der Waals surface area contributed by atoms with Gasteiger partial charge in [0.2, 0.25) is 6.39 Å². The minimum absolute atomic E-state index is 0.207. The standard InChI is InChI=1S/C20H20F5N5O5S/c1-2-26-5-6-27-16-7-13(35-20(23,24)25)4-3-12(16)10-33-17-8-15(22)18(9-14(17)21)36(31,32)30-19-28-11-34-29-19/h3-4,7-9,11,26-27H,2,5-6,10H2,1H3,(H,29,30). The van der Waals surface area contributed by atoms with E-state index < -0.39 is 50.4 Å². The molecule has 36 heavy (non-hydrogen) atoms. The highest BCUT2D eigenvalue weighted by Crippen LogP contribution is 2.30. The number of likely N-dealkylation sites (N-methyl/N-ethyl adjacent to an activating group) is 1. The summed E-state index contributed by atoms with van der Waals surface area (Å²) in [6.07, 6.45) is -4.07. The molecule has 0 saturated carbocycles. The molecule has 1 heterocycles. The van der Waals surface area contributed by atoms with Crippen molar-refractivity contribution in [1.29, 1.82) is 0 Å². The maximum atomic E-state index is 14.6. The lowest BCUT2D eigenvalue weighted by Crippen LogP contribution is -2.22. The van der Waals surface area contributed by atoms with Crippen LogP contribution in [0.15, 0.2) is 46.1 Å². The number of halogens is 5. The molecule has 3 aromatic rings. The van der Waals surface area contributed by atoms with E-state index >= 15 is 0 Å². The van der Waals surface area contributed by atoms with Crippen LogP contribution in [0, 0.1) is 11.6 Å². The number of ether oxygens (including phenoxy) is 2.